The van der Waals surface area contributed by atoms with Crippen LogP contribution in [0.1, 0.15) is 18.5 Å². The normalized spacial score (nSPS) is 21.4. The molecule has 3 rings (SSSR count). The molecule has 2 heterocycles. The van der Waals surface area contributed by atoms with Crippen molar-refractivity contribution in [3.8, 4) is 0 Å². The molecule has 1 aromatic carbocycles. The summed E-state index contributed by atoms with van der Waals surface area (Å²) in [5.74, 6) is -0.149. The molecule has 24 heavy (non-hydrogen) atoms. The maximum atomic E-state index is 13.0. The largest absolute Gasteiger partial charge is 0.378 e. The summed E-state index contributed by atoms with van der Waals surface area (Å²) < 4.78 is 5.29. The third-order valence-corrected chi connectivity index (χ3v) is 4.92. The van der Waals surface area contributed by atoms with E-state index in [2.05, 4.69) is 10.6 Å². The van der Waals surface area contributed by atoms with E-state index in [1.54, 1.807) is 30.0 Å². The van der Waals surface area contributed by atoms with E-state index in [-0.39, 0.29) is 11.9 Å². The predicted octanol–water partition coefficient (Wildman–Crippen LogP) is 2.48. The van der Waals surface area contributed by atoms with E-state index in [0.29, 0.717) is 53.2 Å². The molecule has 128 valence electrons. The topological polar surface area (TPSA) is 70.7 Å². The van der Waals surface area contributed by atoms with Crippen LogP contribution >= 0.6 is 23.2 Å². The number of nitrogens with one attached hydrogen (secondary N) is 2. The highest BCUT2D eigenvalue weighted by atomic mass is 35.5. The standard InChI is InChI=1S/C16H17Cl2N3O3/c1-9-12(15(22)21-5-7-24-8-6-21)14(20-16(23)19-9)10-3-2-4-11(17)13(10)18/h2-4,14H,5-8H2,1H3,(H2,19,20,23)/t14-/m0/s1. The fraction of sp³-hybridized carbons (Fsp3) is 0.375. The van der Waals surface area contributed by atoms with E-state index in [4.69, 9.17) is 27.9 Å². The minimum atomic E-state index is -0.653. The molecular formula is C16H17Cl2N3O3. The van der Waals surface area contributed by atoms with Crippen LogP contribution in [0.15, 0.2) is 29.5 Å². The van der Waals surface area contributed by atoms with Crippen molar-refractivity contribution in [3.63, 3.8) is 0 Å². The molecule has 1 fully saturated rings. The Kier molecular flexibility index (Phi) is 4.99. The Morgan fingerprint density at radius 2 is 2.00 bits per heavy atom. The van der Waals surface area contributed by atoms with Gasteiger partial charge in [0.1, 0.15) is 0 Å². The van der Waals surface area contributed by atoms with Crippen molar-refractivity contribution in [2.24, 2.45) is 0 Å². The molecule has 1 saturated heterocycles. The van der Waals surface area contributed by atoms with Gasteiger partial charge in [0.15, 0.2) is 0 Å². The Morgan fingerprint density at radius 3 is 2.71 bits per heavy atom. The molecule has 1 aromatic rings. The summed E-state index contributed by atoms with van der Waals surface area (Å²) in [6.07, 6.45) is 0. The molecule has 3 amide bonds. The zero-order chi connectivity index (χ0) is 17.3. The fourth-order valence-electron chi connectivity index (χ4n) is 2.89. The second kappa shape index (κ2) is 7.01. The van der Waals surface area contributed by atoms with E-state index in [1.807, 2.05) is 0 Å². The summed E-state index contributed by atoms with van der Waals surface area (Å²) >= 11 is 12.4. The SMILES string of the molecule is CC1=C(C(=O)N2CCOCC2)[C@H](c2cccc(Cl)c2Cl)NC(=O)N1. The van der Waals surface area contributed by atoms with E-state index in [9.17, 15) is 9.59 Å². The molecule has 6 nitrogen and oxygen atoms in total. The molecule has 0 unspecified atom stereocenters. The molecule has 0 aliphatic carbocycles. The van der Waals surface area contributed by atoms with Gasteiger partial charge in [-0.05, 0) is 18.6 Å². The lowest BCUT2D eigenvalue weighted by molar-refractivity contribution is -0.131. The predicted molar refractivity (Wildman–Crippen MR) is 91.0 cm³/mol. The van der Waals surface area contributed by atoms with E-state index >= 15 is 0 Å². The molecule has 0 aromatic heterocycles. The number of hydrogen-bond acceptors (Lipinski definition) is 3. The van der Waals surface area contributed by atoms with Gasteiger partial charge in [0.05, 0.1) is 34.9 Å². The third-order valence-electron chi connectivity index (χ3n) is 4.09. The summed E-state index contributed by atoms with van der Waals surface area (Å²) in [5, 5.41) is 6.13. The van der Waals surface area contributed by atoms with Crippen LogP contribution in [0.25, 0.3) is 0 Å². The number of halogens is 2. The monoisotopic (exact) mass is 369 g/mol. The number of nitrogens with zero attached hydrogens (tertiary/aromatic N) is 1. The average molecular weight is 370 g/mol. The van der Waals surface area contributed by atoms with Crippen LogP contribution in [0.5, 0.6) is 0 Å². The van der Waals surface area contributed by atoms with E-state index in [0.717, 1.165) is 0 Å². The minimum Gasteiger partial charge on any atom is -0.378 e. The number of hydrogen-bond donors (Lipinski definition) is 2. The molecule has 1 atom stereocenters. The van der Waals surface area contributed by atoms with Gasteiger partial charge >= 0.3 is 6.03 Å². The van der Waals surface area contributed by atoms with Gasteiger partial charge in [0.25, 0.3) is 5.91 Å². The van der Waals surface area contributed by atoms with E-state index in [1.165, 1.54) is 0 Å². The third kappa shape index (κ3) is 3.22. The van der Waals surface area contributed by atoms with Crippen LogP contribution in [0.4, 0.5) is 4.79 Å². The second-order valence-corrected chi connectivity index (χ2v) is 6.40. The highest BCUT2D eigenvalue weighted by molar-refractivity contribution is 6.42. The summed E-state index contributed by atoms with van der Waals surface area (Å²) in [7, 11) is 0. The maximum Gasteiger partial charge on any atom is 0.319 e. The number of carbonyl (C=O) groups is 2. The van der Waals surface area contributed by atoms with Crippen LogP contribution in [-0.4, -0.2) is 43.1 Å². The number of allylic oxidation sites excluding steroid dienone is 1. The number of rotatable bonds is 2. The molecule has 2 aliphatic rings. The summed E-state index contributed by atoms with van der Waals surface area (Å²) in [6.45, 7) is 3.73. The number of amides is 3. The summed E-state index contributed by atoms with van der Waals surface area (Å²) in [4.78, 5) is 26.6. The van der Waals surface area contributed by atoms with Crippen LogP contribution in [-0.2, 0) is 9.53 Å². The summed E-state index contributed by atoms with van der Waals surface area (Å²) in [6, 6.07) is 4.12. The lowest BCUT2D eigenvalue weighted by Crippen LogP contribution is -2.49. The maximum absolute atomic E-state index is 13.0. The van der Waals surface area contributed by atoms with Crippen LogP contribution in [0.2, 0.25) is 10.0 Å². The van der Waals surface area contributed by atoms with Crippen molar-refractivity contribution in [1.82, 2.24) is 15.5 Å². The Balaban J connectivity index is 2.02. The van der Waals surface area contributed by atoms with Gasteiger partial charge in [-0.25, -0.2) is 4.79 Å². The number of morpholine rings is 1. The van der Waals surface area contributed by atoms with Crippen molar-refractivity contribution >= 4 is 35.1 Å². The van der Waals surface area contributed by atoms with Crippen LogP contribution in [0, 0.1) is 0 Å². The highest BCUT2D eigenvalue weighted by Gasteiger charge is 2.35. The lowest BCUT2D eigenvalue weighted by atomic mass is 9.94. The van der Waals surface area contributed by atoms with Gasteiger partial charge in [-0.3, -0.25) is 4.79 Å². The summed E-state index contributed by atoms with van der Waals surface area (Å²) in [5.41, 5.74) is 1.56. The minimum absolute atomic E-state index is 0.149. The van der Waals surface area contributed by atoms with Gasteiger partial charge in [0.2, 0.25) is 0 Å². The molecular weight excluding hydrogens is 353 g/mol. The van der Waals surface area contributed by atoms with Crippen molar-refractivity contribution in [1.29, 1.82) is 0 Å². The van der Waals surface area contributed by atoms with Gasteiger partial charge in [-0.15, -0.1) is 0 Å². The Labute approximate surface area is 149 Å². The van der Waals surface area contributed by atoms with Crippen molar-refractivity contribution in [2.45, 2.75) is 13.0 Å². The Hall–Kier alpha value is -1.76. The smallest absolute Gasteiger partial charge is 0.319 e. The van der Waals surface area contributed by atoms with Crippen LogP contribution < -0.4 is 10.6 Å². The van der Waals surface area contributed by atoms with Gasteiger partial charge in [-0.1, -0.05) is 35.3 Å². The first kappa shape index (κ1) is 17.1. The van der Waals surface area contributed by atoms with Crippen LogP contribution in [0.3, 0.4) is 0 Å². The number of benzene rings is 1. The molecule has 2 N–H and O–H groups in total. The lowest BCUT2D eigenvalue weighted by Gasteiger charge is -2.34. The molecule has 0 radical (unpaired) electrons. The second-order valence-electron chi connectivity index (χ2n) is 5.62. The molecule has 2 aliphatic heterocycles. The molecule has 8 heteroatoms. The fourth-order valence-corrected chi connectivity index (χ4v) is 3.31. The molecule has 0 saturated carbocycles. The Morgan fingerprint density at radius 1 is 1.29 bits per heavy atom. The number of ether oxygens (including phenoxy) is 1. The van der Waals surface area contributed by atoms with Crippen molar-refractivity contribution in [3.05, 3.63) is 45.1 Å². The van der Waals surface area contributed by atoms with E-state index < -0.39 is 6.04 Å². The first-order valence-electron chi connectivity index (χ1n) is 7.58. The Bertz CT molecular complexity index is 715. The quantitative estimate of drug-likeness (QED) is 0.840. The van der Waals surface area contributed by atoms with Crippen molar-refractivity contribution < 1.29 is 14.3 Å². The highest BCUT2D eigenvalue weighted by Crippen LogP contribution is 2.35. The first-order chi connectivity index (χ1) is 11.5. The van der Waals surface area contributed by atoms with Gasteiger partial charge in [-0.2, -0.15) is 0 Å². The molecule has 0 spiro atoms. The van der Waals surface area contributed by atoms with Gasteiger partial charge in [0, 0.05) is 18.8 Å². The first-order valence-corrected chi connectivity index (χ1v) is 8.34. The van der Waals surface area contributed by atoms with Crippen molar-refractivity contribution in [2.75, 3.05) is 26.3 Å². The zero-order valence-electron chi connectivity index (χ0n) is 13.1. The number of urea groups is 1. The zero-order valence-corrected chi connectivity index (χ0v) is 14.6. The molecule has 0 bridgehead atoms. The average Bonchev–Trinajstić information content (AvgIpc) is 2.57. The van der Waals surface area contributed by atoms with Gasteiger partial charge < -0.3 is 20.3 Å². The number of carbonyl (C=O) groups excluding carboxylic acids is 2.